The van der Waals surface area contributed by atoms with Crippen LogP contribution < -0.4 is 10.1 Å². The minimum Gasteiger partial charge on any atom is -0.406 e. The lowest BCUT2D eigenvalue weighted by Crippen LogP contribution is -2.45. The first-order valence-corrected chi connectivity index (χ1v) is 9.24. The molecule has 3 nitrogen and oxygen atoms in total. The van der Waals surface area contributed by atoms with Gasteiger partial charge in [-0.25, -0.2) is 0 Å². The van der Waals surface area contributed by atoms with Crippen molar-refractivity contribution in [2.24, 2.45) is 0 Å². The van der Waals surface area contributed by atoms with E-state index >= 15 is 0 Å². The Balaban J connectivity index is 1.89. The summed E-state index contributed by atoms with van der Waals surface area (Å²) < 4.78 is 41.3. The second-order valence-electron chi connectivity index (χ2n) is 7.13. The first-order chi connectivity index (χ1) is 12.8. The van der Waals surface area contributed by atoms with E-state index in [2.05, 4.69) is 53.1 Å². The molecule has 1 aliphatic heterocycles. The molecule has 1 fully saturated rings. The predicted molar refractivity (Wildman–Crippen MR) is 99.9 cm³/mol. The molecule has 1 atom stereocenters. The molecule has 1 heterocycles. The van der Waals surface area contributed by atoms with Gasteiger partial charge in [0.25, 0.3) is 0 Å². The molecule has 0 aliphatic carbocycles. The summed E-state index contributed by atoms with van der Waals surface area (Å²) in [7, 11) is 0. The summed E-state index contributed by atoms with van der Waals surface area (Å²) in [6.07, 6.45) is -4.67. The minimum absolute atomic E-state index is 0.00764. The predicted octanol–water partition coefficient (Wildman–Crippen LogP) is 4.70. The monoisotopic (exact) mass is 378 g/mol. The number of hydrogen-bond donors (Lipinski definition) is 1. The van der Waals surface area contributed by atoms with Crippen LogP contribution in [0.5, 0.6) is 5.75 Å². The number of nitrogens with zero attached hydrogens (tertiary/aromatic N) is 1. The zero-order chi connectivity index (χ0) is 19.4. The van der Waals surface area contributed by atoms with E-state index in [-0.39, 0.29) is 11.8 Å². The summed E-state index contributed by atoms with van der Waals surface area (Å²) in [5.41, 5.74) is 3.38. The molecule has 6 heteroatoms. The fourth-order valence-electron chi connectivity index (χ4n) is 3.47. The summed E-state index contributed by atoms with van der Waals surface area (Å²) in [4.78, 5) is 2.36. The Morgan fingerprint density at radius 1 is 0.852 bits per heavy atom. The van der Waals surface area contributed by atoms with Crippen LogP contribution in [0.25, 0.3) is 0 Å². The van der Waals surface area contributed by atoms with Crippen LogP contribution in [0, 0.1) is 0 Å². The SMILES string of the molecule is CC(C)c1ccc([C@H](c2ccc(OC(F)(F)F)cc2)N2CCNCC2)cc1. The molecule has 0 bridgehead atoms. The van der Waals surface area contributed by atoms with Crippen molar-refractivity contribution in [2.75, 3.05) is 26.2 Å². The summed E-state index contributed by atoms with van der Waals surface area (Å²) in [5.74, 6) is 0.260. The van der Waals surface area contributed by atoms with E-state index in [1.54, 1.807) is 12.1 Å². The molecule has 0 saturated carbocycles. The number of ether oxygens (including phenoxy) is 1. The van der Waals surface area contributed by atoms with Crippen LogP contribution in [0.1, 0.15) is 42.5 Å². The zero-order valence-corrected chi connectivity index (χ0v) is 15.6. The van der Waals surface area contributed by atoms with Gasteiger partial charge in [0.1, 0.15) is 5.75 Å². The molecule has 0 aromatic heterocycles. The Hall–Kier alpha value is -2.05. The molecular weight excluding hydrogens is 353 g/mol. The average molecular weight is 378 g/mol. The van der Waals surface area contributed by atoms with Crippen LogP contribution in [0.4, 0.5) is 13.2 Å². The van der Waals surface area contributed by atoms with E-state index in [9.17, 15) is 13.2 Å². The first-order valence-electron chi connectivity index (χ1n) is 9.24. The fourth-order valence-corrected chi connectivity index (χ4v) is 3.47. The lowest BCUT2D eigenvalue weighted by molar-refractivity contribution is -0.274. The van der Waals surface area contributed by atoms with Crippen LogP contribution >= 0.6 is 0 Å². The van der Waals surface area contributed by atoms with Crippen LogP contribution in [0.2, 0.25) is 0 Å². The van der Waals surface area contributed by atoms with E-state index in [0.29, 0.717) is 5.92 Å². The van der Waals surface area contributed by atoms with Gasteiger partial charge in [-0.3, -0.25) is 4.90 Å². The van der Waals surface area contributed by atoms with E-state index in [1.807, 2.05) is 0 Å². The van der Waals surface area contributed by atoms with Crippen molar-refractivity contribution in [3.05, 3.63) is 65.2 Å². The van der Waals surface area contributed by atoms with Gasteiger partial charge in [-0.2, -0.15) is 0 Å². The van der Waals surface area contributed by atoms with E-state index in [0.717, 1.165) is 37.3 Å². The summed E-state index contributed by atoms with van der Waals surface area (Å²) in [5, 5.41) is 3.34. The number of benzene rings is 2. The highest BCUT2D eigenvalue weighted by molar-refractivity contribution is 5.37. The number of nitrogens with one attached hydrogen (secondary N) is 1. The third-order valence-electron chi connectivity index (χ3n) is 4.87. The van der Waals surface area contributed by atoms with Crippen molar-refractivity contribution < 1.29 is 17.9 Å². The molecule has 0 spiro atoms. The Morgan fingerprint density at radius 3 is 1.81 bits per heavy atom. The van der Waals surface area contributed by atoms with Crippen molar-refractivity contribution in [2.45, 2.75) is 32.2 Å². The maximum atomic E-state index is 12.4. The third kappa shape index (κ3) is 5.23. The minimum atomic E-state index is -4.67. The number of alkyl halides is 3. The van der Waals surface area contributed by atoms with Crippen LogP contribution in [0.3, 0.4) is 0 Å². The highest BCUT2D eigenvalue weighted by Gasteiger charge is 2.31. The van der Waals surface area contributed by atoms with Gasteiger partial charge in [0.05, 0.1) is 6.04 Å². The quantitative estimate of drug-likeness (QED) is 0.816. The first kappa shape index (κ1) is 19.7. The van der Waals surface area contributed by atoms with Gasteiger partial charge in [0.15, 0.2) is 0 Å². The molecular formula is C21H25F3N2O. The Kier molecular flexibility index (Phi) is 6.07. The van der Waals surface area contributed by atoms with Gasteiger partial charge in [0.2, 0.25) is 0 Å². The van der Waals surface area contributed by atoms with Crippen LogP contribution in [0.15, 0.2) is 48.5 Å². The standard InChI is InChI=1S/C21H25F3N2O/c1-15(2)16-3-5-17(6-4-16)20(26-13-11-25-12-14-26)18-7-9-19(10-8-18)27-21(22,23)24/h3-10,15,20,25H,11-14H2,1-2H3/t20-/m1/s1. The molecule has 1 N–H and O–H groups in total. The van der Waals surface area contributed by atoms with Gasteiger partial charge < -0.3 is 10.1 Å². The highest BCUT2D eigenvalue weighted by Crippen LogP contribution is 2.32. The molecule has 0 radical (unpaired) electrons. The molecule has 3 rings (SSSR count). The molecule has 27 heavy (non-hydrogen) atoms. The van der Waals surface area contributed by atoms with Crippen molar-refractivity contribution >= 4 is 0 Å². The molecule has 2 aromatic carbocycles. The second-order valence-corrected chi connectivity index (χ2v) is 7.13. The van der Waals surface area contributed by atoms with Crippen molar-refractivity contribution in [3.63, 3.8) is 0 Å². The van der Waals surface area contributed by atoms with E-state index < -0.39 is 6.36 Å². The number of piperazine rings is 1. The fraction of sp³-hybridized carbons (Fsp3) is 0.429. The number of hydrogen-bond acceptors (Lipinski definition) is 3. The van der Waals surface area contributed by atoms with E-state index in [1.165, 1.54) is 17.7 Å². The average Bonchev–Trinajstić information content (AvgIpc) is 2.63. The molecule has 1 saturated heterocycles. The third-order valence-corrected chi connectivity index (χ3v) is 4.87. The maximum absolute atomic E-state index is 12.4. The Morgan fingerprint density at radius 2 is 1.33 bits per heavy atom. The zero-order valence-electron chi connectivity index (χ0n) is 15.6. The summed E-state index contributed by atoms with van der Waals surface area (Å²) in [6, 6.07) is 14.8. The Bertz CT molecular complexity index is 721. The van der Waals surface area contributed by atoms with Gasteiger partial charge in [-0.1, -0.05) is 50.2 Å². The van der Waals surface area contributed by atoms with Gasteiger partial charge in [-0.15, -0.1) is 13.2 Å². The van der Waals surface area contributed by atoms with Crippen molar-refractivity contribution in [1.29, 1.82) is 0 Å². The number of rotatable bonds is 5. The molecule has 1 aliphatic rings. The van der Waals surface area contributed by atoms with Crippen LogP contribution in [-0.4, -0.2) is 37.4 Å². The lowest BCUT2D eigenvalue weighted by Gasteiger charge is -2.35. The van der Waals surface area contributed by atoms with Crippen molar-refractivity contribution in [3.8, 4) is 5.75 Å². The topological polar surface area (TPSA) is 24.5 Å². The second kappa shape index (κ2) is 8.31. The largest absolute Gasteiger partial charge is 0.573 e. The lowest BCUT2D eigenvalue weighted by atomic mass is 9.93. The molecule has 0 amide bonds. The summed E-state index contributed by atoms with van der Waals surface area (Å²) >= 11 is 0. The van der Waals surface area contributed by atoms with Gasteiger partial charge >= 0.3 is 6.36 Å². The maximum Gasteiger partial charge on any atom is 0.573 e. The smallest absolute Gasteiger partial charge is 0.406 e. The normalized spacial score (nSPS) is 17.1. The van der Waals surface area contributed by atoms with E-state index in [4.69, 9.17) is 0 Å². The highest BCUT2D eigenvalue weighted by atomic mass is 19.4. The van der Waals surface area contributed by atoms with Gasteiger partial charge in [0, 0.05) is 26.2 Å². The van der Waals surface area contributed by atoms with Crippen molar-refractivity contribution in [1.82, 2.24) is 10.2 Å². The van der Waals surface area contributed by atoms with Gasteiger partial charge in [-0.05, 0) is 34.7 Å². The molecule has 146 valence electrons. The molecule has 2 aromatic rings. The Labute approximate surface area is 158 Å². The summed E-state index contributed by atoms with van der Waals surface area (Å²) in [6.45, 7) is 7.88. The molecule has 0 unspecified atom stereocenters. The number of halogens is 3. The van der Waals surface area contributed by atoms with Crippen LogP contribution in [-0.2, 0) is 0 Å².